The molecule has 1 heterocycles. The molecule has 0 saturated heterocycles. The molecule has 2 rings (SSSR count). The third-order valence-corrected chi connectivity index (χ3v) is 3.51. The summed E-state index contributed by atoms with van der Waals surface area (Å²) in [5.41, 5.74) is 0.841. The summed E-state index contributed by atoms with van der Waals surface area (Å²) in [5, 5.41) is 7.31. The van der Waals surface area contributed by atoms with Gasteiger partial charge < -0.3 is 10.1 Å². The van der Waals surface area contributed by atoms with Crippen molar-refractivity contribution in [2.24, 2.45) is 0 Å². The first kappa shape index (κ1) is 15.4. The van der Waals surface area contributed by atoms with Gasteiger partial charge in [-0.25, -0.2) is 8.78 Å². The summed E-state index contributed by atoms with van der Waals surface area (Å²) in [4.78, 5) is 0. The van der Waals surface area contributed by atoms with E-state index in [0.717, 1.165) is 5.69 Å². The Bertz CT molecular complexity index is 571. The lowest BCUT2D eigenvalue weighted by Crippen LogP contribution is -2.24. The van der Waals surface area contributed by atoms with Gasteiger partial charge in [-0.1, -0.05) is 6.07 Å². The maximum Gasteiger partial charge on any atom is 0.161 e. The highest BCUT2D eigenvalue weighted by atomic mass is 19.1. The molecule has 6 heteroatoms. The normalized spacial score (nSPS) is 12.4. The van der Waals surface area contributed by atoms with E-state index in [1.165, 1.54) is 18.2 Å². The molecule has 2 aromatic rings. The Labute approximate surface area is 122 Å². The molecule has 0 bridgehead atoms. The van der Waals surface area contributed by atoms with E-state index in [9.17, 15) is 8.78 Å². The van der Waals surface area contributed by atoms with Crippen LogP contribution in [0.15, 0.2) is 24.4 Å². The Balaban J connectivity index is 2.39. The second-order valence-electron chi connectivity index (χ2n) is 4.66. The van der Waals surface area contributed by atoms with Crippen LogP contribution in [0.2, 0.25) is 0 Å². The molecule has 0 amide bonds. The molecule has 1 atom stereocenters. The van der Waals surface area contributed by atoms with E-state index in [2.05, 4.69) is 10.4 Å². The molecular weight excluding hydrogens is 276 g/mol. The zero-order chi connectivity index (χ0) is 15.4. The summed E-state index contributed by atoms with van der Waals surface area (Å²) in [7, 11) is 3.30. The molecule has 21 heavy (non-hydrogen) atoms. The van der Waals surface area contributed by atoms with Crippen LogP contribution in [0.5, 0.6) is 5.75 Å². The number of rotatable bonds is 6. The molecule has 0 aliphatic rings. The predicted octanol–water partition coefficient (Wildman–Crippen LogP) is 2.69. The lowest BCUT2D eigenvalue weighted by molar-refractivity contribution is 0.392. The number of aromatic nitrogens is 2. The Morgan fingerprint density at radius 3 is 2.52 bits per heavy atom. The van der Waals surface area contributed by atoms with Gasteiger partial charge in [0.05, 0.1) is 25.0 Å². The minimum Gasteiger partial charge on any atom is -0.493 e. The summed E-state index contributed by atoms with van der Waals surface area (Å²) in [5.74, 6) is -0.485. The van der Waals surface area contributed by atoms with Crippen LogP contribution in [0, 0.1) is 11.6 Å². The zero-order valence-electron chi connectivity index (χ0n) is 12.4. The van der Waals surface area contributed by atoms with Crippen molar-refractivity contribution >= 4 is 0 Å². The Morgan fingerprint density at radius 2 is 2.00 bits per heavy atom. The molecule has 1 N–H and O–H groups in total. The quantitative estimate of drug-likeness (QED) is 0.890. The number of nitrogens with one attached hydrogen (secondary N) is 1. The maximum atomic E-state index is 13.8. The van der Waals surface area contributed by atoms with Gasteiger partial charge in [0.2, 0.25) is 0 Å². The van der Waals surface area contributed by atoms with E-state index in [-0.39, 0.29) is 18.0 Å². The number of methoxy groups -OCH3 is 1. The smallest absolute Gasteiger partial charge is 0.161 e. The monoisotopic (exact) mass is 295 g/mol. The fourth-order valence-corrected chi connectivity index (χ4v) is 2.41. The molecule has 1 aromatic carbocycles. The summed E-state index contributed by atoms with van der Waals surface area (Å²) in [6, 6.07) is 3.59. The number of likely N-dealkylation sites (N-methyl/N-ethyl adjacent to an activating group) is 1. The van der Waals surface area contributed by atoms with Crippen LogP contribution in [-0.2, 0) is 13.0 Å². The predicted molar refractivity (Wildman–Crippen MR) is 76.3 cm³/mol. The summed E-state index contributed by atoms with van der Waals surface area (Å²) in [6.07, 6.45) is 1.79. The van der Waals surface area contributed by atoms with E-state index in [0.29, 0.717) is 12.3 Å². The van der Waals surface area contributed by atoms with Crippen molar-refractivity contribution < 1.29 is 13.5 Å². The lowest BCUT2D eigenvalue weighted by atomic mass is 10.0. The average Bonchev–Trinajstić information content (AvgIpc) is 2.90. The number of halogens is 2. The number of hydrogen-bond donors (Lipinski definition) is 1. The number of benzene rings is 1. The Morgan fingerprint density at radius 1 is 1.33 bits per heavy atom. The van der Waals surface area contributed by atoms with Crippen LogP contribution in [0.1, 0.15) is 24.2 Å². The van der Waals surface area contributed by atoms with Gasteiger partial charge in [0.25, 0.3) is 0 Å². The van der Waals surface area contributed by atoms with Gasteiger partial charge in [-0.05, 0) is 32.5 Å². The summed E-state index contributed by atoms with van der Waals surface area (Å²) in [6.45, 7) is 2.60. The van der Waals surface area contributed by atoms with Crippen LogP contribution in [0.4, 0.5) is 8.78 Å². The molecule has 4 nitrogen and oxygen atoms in total. The Hall–Kier alpha value is -1.95. The Kier molecular flexibility index (Phi) is 4.90. The first-order valence-electron chi connectivity index (χ1n) is 6.82. The zero-order valence-corrected chi connectivity index (χ0v) is 12.4. The van der Waals surface area contributed by atoms with Crippen LogP contribution in [0.3, 0.4) is 0 Å². The molecule has 1 unspecified atom stereocenters. The van der Waals surface area contributed by atoms with Gasteiger partial charge in [-0.15, -0.1) is 0 Å². The molecule has 0 fully saturated rings. The molecule has 114 valence electrons. The average molecular weight is 295 g/mol. The van der Waals surface area contributed by atoms with E-state index in [4.69, 9.17) is 4.74 Å². The summed E-state index contributed by atoms with van der Waals surface area (Å²) < 4.78 is 34.7. The van der Waals surface area contributed by atoms with E-state index >= 15 is 0 Å². The van der Waals surface area contributed by atoms with Gasteiger partial charge in [-0.3, -0.25) is 4.68 Å². The maximum absolute atomic E-state index is 13.8. The highest BCUT2D eigenvalue weighted by molar-refractivity contribution is 5.31. The van der Waals surface area contributed by atoms with Gasteiger partial charge in [0.15, 0.2) is 5.75 Å². The third kappa shape index (κ3) is 3.05. The number of ether oxygens (including phenoxy) is 1. The molecular formula is C15H19F2N3O. The summed E-state index contributed by atoms with van der Waals surface area (Å²) >= 11 is 0. The van der Waals surface area contributed by atoms with Crippen molar-refractivity contribution in [1.29, 1.82) is 0 Å². The second-order valence-corrected chi connectivity index (χ2v) is 4.66. The van der Waals surface area contributed by atoms with Crippen molar-refractivity contribution in [3.8, 4) is 5.75 Å². The fraction of sp³-hybridized carbons (Fsp3) is 0.400. The van der Waals surface area contributed by atoms with Crippen molar-refractivity contribution in [1.82, 2.24) is 15.1 Å². The topological polar surface area (TPSA) is 39.1 Å². The number of nitrogens with zero attached hydrogens (tertiary/aromatic N) is 2. The highest BCUT2D eigenvalue weighted by Gasteiger charge is 2.23. The van der Waals surface area contributed by atoms with Crippen molar-refractivity contribution in [3.05, 3.63) is 47.3 Å². The lowest BCUT2D eigenvalue weighted by Gasteiger charge is -2.19. The van der Waals surface area contributed by atoms with Crippen molar-refractivity contribution in [3.63, 3.8) is 0 Å². The van der Waals surface area contributed by atoms with Crippen molar-refractivity contribution in [2.45, 2.75) is 25.9 Å². The van der Waals surface area contributed by atoms with E-state index in [1.807, 2.05) is 6.92 Å². The fourth-order valence-electron chi connectivity index (χ4n) is 2.41. The van der Waals surface area contributed by atoms with Crippen LogP contribution in [-0.4, -0.2) is 23.9 Å². The molecule has 0 spiro atoms. The standard InChI is InChI=1S/C15H19F2N3O/c1-4-20-15(14(21-3)9-19-20)13(18-2)8-10-11(16)6-5-7-12(10)17/h5-7,9,13,18H,4,8H2,1-3H3. The first-order valence-corrected chi connectivity index (χ1v) is 6.82. The molecule has 0 aliphatic heterocycles. The molecule has 0 saturated carbocycles. The molecule has 0 radical (unpaired) electrons. The number of hydrogen-bond acceptors (Lipinski definition) is 3. The minimum absolute atomic E-state index is 0.0581. The SMILES string of the molecule is CCn1ncc(OC)c1C(Cc1c(F)cccc1F)NC. The minimum atomic E-state index is -0.545. The largest absolute Gasteiger partial charge is 0.493 e. The first-order chi connectivity index (χ1) is 10.1. The van der Waals surface area contributed by atoms with Gasteiger partial charge in [0.1, 0.15) is 11.6 Å². The van der Waals surface area contributed by atoms with Crippen LogP contribution >= 0.6 is 0 Å². The van der Waals surface area contributed by atoms with Gasteiger partial charge in [0, 0.05) is 12.1 Å². The van der Waals surface area contributed by atoms with E-state index < -0.39 is 11.6 Å². The number of aryl methyl sites for hydroxylation is 1. The second kappa shape index (κ2) is 6.67. The van der Waals surface area contributed by atoms with Crippen LogP contribution in [0.25, 0.3) is 0 Å². The third-order valence-electron chi connectivity index (χ3n) is 3.51. The molecule has 1 aromatic heterocycles. The van der Waals surface area contributed by atoms with Crippen LogP contribution < -0.4 is 10.1 Å². The van der Waals surface area contributed by atoms with Gasteiger partial charge >= 0.3 is 0 Å². The highest BCUT2D eigenvalue weighted by Crippen LogP contribution is 2.28. The van der Waals surface area contributed by atoms with E-state index in [1.54, 1.807) is 25.0 Å². The molecule has 0 aliphatic carbocycles. The van der Waals surface area contributed by atoms with Gasteiger partial charge in [-0.2, -0.15) is 5.10 Å². The van der Waals surface area contributed by atoms with Crippen molar-refractivity contribution in [2.75, 3.05) is 14.2 Å².